The third kappa shape index (κ3) is 5.34. The van der Waals surface area contributed by atoms with Gasteiger partial charge in [0, 0.05) is 26.2 Å². The molecular weight excluding hydrogens is 435 g/mol. The second-order valence-corrected chi connectivity index (χ2v) is 8.67. The Kier molecular flexibility index (Phi) is 6.52. The number of hydrogen-bond donors (Lipinski definition) is 0. The predicted octanol–water partition coefficient (Wildman–Crippen LogP) is 2.49. The van der Waals surface area contributed by atoms with Gasteiger partial charge in [-0.25, -0.2) is 8.42 Å². The molecule has 0 radical (unpaired) electrons. The van der Waals surface area contributed by atoms with Crippen molar-refractivity contribution in [1.82, 2.24) is 9.21 Å². The smallest absolute Gasteiger partial charge is 0.416 e. The average molecular weight is 453 g/mol. The molecule has 1 aliphatic rings. The van der Waals surface area contributed by atoms with Crippen LogP contribution in [0.25, 0.3) is 0 Å². The van der Waals surface area contributed by atoms with Gasteiger partial charge in [-0.2, -0.15) is 22.7 Å². The van der Waals surface area contributed by atoms with E-state index in [-0.39, 0.29) is 36.8 Å². The Labute approximate surface area is 177 Å². The van der Waals surface area contributed by atoms with Gasteiger partial charge in [0.15, 0.2) is 6.61 Å². The molecule has 1 saturated heterocycles. The van der Waals surface area contributed by atoms with Crippen molar-refractivity contribution in [3.8, 4) is 11.8 Å². The van der Waals surface area contributed by atoms with Gasteiger partial charge in [-0.05, 0) is 42.5 Å². The van der Waals surface area contributed by atoms with Crippen LogP contribution in [-0.4, -0.2) is 56.3 Å². The number of benzene rings is 2. The summed E-state index contributed by atoms with van der Waals surface area (Å²) in [7, 11) is -3.76. The Hall–Kier alpha value is -3.10. The number of alkyl halides is 3. The maximum Gasteiger partial charge on any atom is 0.416 e. The number of nitrogens with zero attached hydrogens (tertiary/aromatic N) is 3. The van der Waals surface area contributed by atoms with Crippen LogP contribution in [0.15, 0.2) is 53.4 Å². The van der Waals surface area contributed by atoms with Crippen LogP contribution in [0.5, 0.6) is 5.75 Å². The third-order valence-corrected chi connectivity index (χ3v) is 6.65. The van der Waals surface area contributed by atoms with Gasteiger partial charge in [0.1, 0.15) is 5.75 Å². The minimum absolute atomic E-state index is 0.0548. The van der Waals surface area contributed by atoms with Gasteiger partial charge in [0.25, 0.3) is 5.91 Å². The van der Waals surface area contributed by atoms with E-state index >= 15 is 0 Å². The molecule has 0 atom stereocenters. The third-order valence-electron chi connectivity index (χ3n) is 4.74. The molecule has 7 nitrogen and oxygen atoms in total. The largest absolute Gasteiger partial charge is 0.484 e. The molecule has 0 aromatic heterocycles. The number of nitriles is 1. The average Bonchev–Trinajstić information content (AvgIpc) is 2.77. The summed E-state index contributed by atoms with van der Waals surface area (Å²) >= 11 is 0. The van der Waals surface area contributed by atoms with Crippen LogP contribution in [0, 0.1) is 11.3 Å². The van der Waals surface area contributed by atoms with Gasteiger partial charge >= 0.3 is 6.18 Å². The molecule has 0 saturated carbocycles. The standard InChI is InChI=1S/C20H18F3N3O4S/c21-20(22,23)16-2-1-3-17(12-16)30-14-19(27)25-8-10-26(11-9-25)31(28,29)18-6-4-15(13-24)5-7-18/h1-7,12H,8-11,14H2. The molecule has 0 bridgehead atoms. The van der Waals surface area contributed by atoms with Crippen LogP contribution in [0.3, 0.4) is 0 Å². The van der Waals surface area contributed by atoms with E-state index in [9.17, 15) is 26.4 Å². The number of carbonyl (C=O) groups is 1. The Morgan fingerprint density at radius 3 is 2.29 bits per heavy atom. The van der Waals surface area contributed by atoms with Crippen LogP contribution in [0.4, 0.5) is 13.2 Å². The van der Waals surface area contributed by atoms with Crippen molar-refractivity contribution in [2.75, 3.05) is 32.8 Å². The Morgan fingerprint density at radius 2 is 1.71 bits per heavy atom. The van der Waals surface area contributed by atoms with Gasteiger partial charge in [-0.1, -0.05) is 6.07 Å². The molecule has 11 heteroatoms. The van der Waals surface area contributed by atoms with Gasteiger partial charge in [0.05, 0.1) is 22.1 Å². The van der Waals surface area contributed by atoms with E-state index in [0.717, 1.165) is 12.1 Å². The first kappa shape index (κ1) is 22.6. The highest BCUT2D eigenvalue weighted by atomic mass is 32.2. The number of piperazine rings is 1. The lowest BCUT2D eigenvalue weighted by molar-refractivity contribution is -0.137. The zero-order chi connectivity index (χ0) is 22.6. The zero-order valence-corrected chi connectivity index (χ0v) is 17.0. The molecule has 0 aliphatic carbocycles. The summed E-state index contributed by atoms with van der Waals surface area (Å²) in [5.41, 5.74) is -0.533. The van der Waals surface area contributed by atoms with E-state index in [1.54, 1.807) is 0 Å². The Morgan fingerprint density at radius 1 is 1.06 bits per heavy atom. The molecule has 164 valence electrons. The molecule has 2 aromatic carbocycles. The van der Waals surface area contributed by atoms with Gasteiger partial charge < -0.3 is 9.64 Å². The number of rotatable bonds is 5. The van der Waals surface area contributed by atoms with Crippen molar-refractivity contribution in [2.45, 2.75) is 11.1 Å². The summed E-state index contributed by atoms with van der Waals surface area (Å²) in [6, 6.07) is 11.7. The maximum absolute atomic E-state index is 12.8. The molecule has 0 N–H and O–H groups in total. The van der Waals surface area contributed by atoms with Crippen molar-refractivity contribution in [3.63, 3.8) is 0 Å². The SMILES string of the molecule is N#Cc1ccc(S(=O)(=O)N2CCN(C(=O)COc3cccc(C(F)(F)F)c3)CC2)cc1. The molecule has 0 unspecified atom stereocenters. The minimum Gasteiger partial charge on any atom is -0.484 e. The molecule has 1 aliphatic heterocycles. The first-order valence-electron chi connectivity index (χ1n) is 9.19. The molecule has 1 heterocycles. The van der Waals surface area contributed by atoms with E-state index < -0.39 is 34.3 Å². The molecule has 2 aromatic rings. The highest BCUT2D eigenvalue weighted by Crippen LogP contribution is 2.31. The van der Waals surface area contributed by atoms with Crippen LogP contribution < -0.4 is 4.74 Å². The van der Waals surface area contributed by atoms with Gasteiger partial charge in [-0.15, -0.1) is 0 Å². The highest BCUT2D eigenvalue weighted by molar-refractivity contribution is 7.89. The van der Waals surface area contributed by atoms with E-state index in [4.69, 9.17) is 10.00 Å². The normalized spacial score (nSPS) is 15.4. The lowest BCUT2D eigenvalue weighted by Gasteiger charge is -2.34. The van der Waals surface area contributed by atoms with Crippen molar-refractivity contribution < 1.29 is 31.1 Å². The molecular formula is C20H18F3N3O4S. The fraction of sp³-hybridized carbons (Fsp3) is 0.300. The van der Waals surface area contributed by atoms with Crippen molar-refractivity contribution in [1.29, 1.82) is 5.26 Å². The lowest BCUT2D eigenvalue weighted by atomic mass is 10.2. The van der Waals surface area contributed by atoms with Crippen LogP contribution in [0.1, 0.15) is 11.1 Å². The van der Waals surface area contributed by atoms with Crippen LogP contribution in [0.2, 0.25) is 0 Å². The quantitative estimate of drug-likeness (QED) is 0.694. The predicted molar refractivity (Wildman–Crippen MR) is 103 cm³/mol. The number of hydrogen-bond acceptors (Lipinski definition) is 5. The summed E-state index contributed by atoms with van der Waals surface area (Å²) in [4.78, 5) is 13.8. The fourth-order valence-corrected chi connectivity index (χ4v) is 4.45. The molecule has 0 spiro atoms. The number of ether oxygens (including phenoxy) is 1. The first-order chi connectivity index (χ1) is 14.6. The lowest BCUT2D eigenvalue weighted by Crippen LogP contribution is -2.51. The summed E-state index contributed by atoms with van der Waals surface area (Å²) < 4.78 is 70.1. The minimum atomic E-state index is -4.51. The van der Waals surface area contributed by atoms with Crippen molar-refractivity contribution in [2.24, 2.45) is 0 Å². The molecule has 1 fully saturated rings. The van der Waals surface area contributed by atoms with Crippen molar-refractivity contribution in [3.05, 3.63) is 59.7 Å². The number of amides is 1. The van der Waals surface area contributed by atoms with E-state index in [1.165, 1.54) is 45.6 Å². The van der Waals surface area contributed by atoms with Crippen molar-refractivity contribution >= 4 is 15.9 Å². The van der Waals surface area contributed by atoms with Gasteiger partial charge in [0.2, 0.25) is 10.0 Å². The summed E-state index contributed by atoms with van der Waals surface area (Å²) in [5.74, 6) is -0.530. The summed E-state index contributed by atoms with van der Waals surface area (Å²) in [6.07, 6.45) is -4.51. The number of sulfonamides is 1. The Bertz CT molecular complexity index is 1090. The Balaban J connectivity index is 1.55. The zero-order valence-electron chi connectivity index (χ0n) is 16.2. The van der Waals surface area contributed by atoms with E-state index in [2.05, 4.69) is 0 Å². The fourth-order valence-electron chi connectivity index (χ4n) is 3.03. The topological polar surface area (TPSA) is 90.7 Å². The van der Waals surface area contributed by atoms with Crippen LogP contribution >= 0.6 is 0 Å². The second kappa shape index (κ2) is 8.95. The summed E-state index contributed by atoms with van der Waals surface area (Å²) in [5, 5.41) is 8.82. The van der Waals surface area contributed by atoms with E-state index in [0.29, 0.717) is 5.56 Å². The summed E-state index contributed by atoms with van der Waals surface area (Å²) in [6.45, 7) is -0.0699. The maximum atomic E-state index is 12.8. The van der Waals surface area contributed by atoms with E-state index in [1.807, 2.05) is 6.07 Å². The monoisotopic (exact) mass is 453 g/mol. The molecule has 1 amide bonds. The first-order valence-corrected chi connectivity index (χ1v) is 10.6. The second-order valence-electron chi connectivity index (χ2n) is 6.74. The number of halogens is 3. The molecule has 31 heavy (non-hydrogen) atoms. The molecule has 3 rings (SSSR count). The van der Waals surface area contributed by atoms with Gasteiger partial charge in [-0.3, -0.25) is 4.79 Å². The van der Waals surface area contributed by atoms with Crippen LogP contribution in [-0.2, 0) is 21.0 Å². The number of carbonyl (C=O) groups excluding carboxylic acids is 1. The highest BCUT2D eigenvalue weighted by Gasteiger charge is 2.32.